The van der Waals surface area contributed by atoms with Gasteiger partial charge in [0.15, 0.2) is 0 Å². The van der Waals surface area contributed by atoms with Gasteiger partial charge >= 0.3 is 0 Å². The molecule has 0 aliphatic carbocycles. The Morgan fingerprint density at radius 1 is 0.966 bits per heavy atom. The van der Waals surface area contributed by atoms with Crippen molar-refractivity contribution in [3.8, 4) is 0 Å². The van der Waals surface area contributed by atoms with Gasteiger partial charge in [-0.15, -0.1) is 0 Å². The minimum atomic E-state index is -1.17. The average molecular weight is 398 g/mol. The number of amides is 3. The summed E-state index contributed by atoms with van der Waals surface area (Å²) < 4.78 is 0. The van der Waals surface area contributed by atoms with Crippen molar-refractivity contribution in [1.29, 1.82) is 0 Å². The predicted octanol–water partition coefficient (Wildman–Crippen LogP) is 0.855. The van der Waals surface area contributed by atoms with Crippen LogP contribution in [0.25, 0.3) is 0 Å². The van der Waals surface area contributed by atoms with E-state index in [1.807, 2.05) is 6.07 Å². The molecule has 0 aliphatic heterocycles. The number of carbonyl (C=O) groups excluding carboxylic acids is 3. The highest BCUT2D eigenvalue weighted by molar-refractivity contribution is 5.91. The first-order valence-corrected chi connectivity index (χ1v) is 8.91. The highest BCUT2D eigenvalue weighted by atomic mass is 16.6. The molecule has 0 fully saturated rings. The van der Waals surface area contributed by atoms with Gasteiger partial charge in [-0.3, -0.25) is 24.5 Å². The number of carbonyl (C=O) groups is 3. The van der Waals surface area contributed by atoms with Crippen molar-refractivity contribution in [2.24, 2.45) is 5.73 Å². The van der Waals surface area contributed by atoms with Crippen LogP contribution in [0, 0.1) is 10.1 Å². The Morgan fingerprint density at radius 3 is 2.17 bits per heavy atom. The number of nitrogens with zero attached hydrogens (tertiary/aromatic N) is 1. The number of nitro benzene ring substituents is 1. The minimum Gasteiger partial charge on any atom is -0.368 e. The summed E-state index contributed by atoms with van der Waals surface area (Å²) in [5.74, 6) is -1.85. The highest BCUT2D eigenvalue weighted by Crippen LogP contribution is 2.19. The number of nitrogens with one attached hydrogen (secondary N) is 2. The molecule has 0 heterocycles. The van der Waals surface area contributed by atoms with Gasteiger partial charge in [0.1, 0.15) is 12.1 Å². The molecule has 0 saturated carbocycles. The Labute approximate surface area is 167 Å². The molecule has 152 valence electrons. The van der Waals surface area contributed by atoms with Crippen LogP contribution >= 0.6 is 0 Å². The zero-order valence-corrected chi connectivity index (χ0v) is 15.8. The molecule has 29 heavy (non-hydrogen) atoms. The Morgan fingerprint density at radius 2 is 1.59 bits per heavy atom. The normalized spacial score (nSPS) is 12.4. The van der Waals surface area contributed by atoms with E-state index in [1.165, 1.54) is 25.1 Å². The second kappa shape index (κ2) is 9.98. The highest BCUT2D eigenvalue weighted by Gasteiger charge is 2.27. The van der Waals surface area contributed by atoms with Crippen molar-refractivity contribution < 1.29 is 19.3 Å². The van der Waals surface area contributed by atoms with Crippen molar-refractivity contribution >= 4 is 23.4 Å². The first-order valence-electron chi connectivity index (χ1n) is 8.91. The molecule has 2 aromatic carbocycles. The smallest absolute Gasteiger partial charge is 0.272 e. The molecular formula is C20H22N4O5. The van der Waals surface area contributed by atoms with Gasteiger partial charge in [-0.25, -0.2) is 0 Å². The van der Waals surface area contributed by atoms with E-state index in [-0.39, 0.29) is 24.1 Å². The number of para-hydroxylation sites is 1. The molecule has 9 heteroatoms. The van der Waals surface area contributed by atoms with Gasteiger partial charge in [0.05, 0.1) is 4.92 Å². The maximum atomic E-state index is 12.7. The summed E-state index contributed by atoms with van der Waals surface area (Å²) >= 11 is 0. The Bertz CT molecular complexity index is 901. The number of hydrogen-bond donors (Lipinski definition) is 3. The van der Waals surface area contributed by atoms with Crippen LogP contribution < -0.4 is 16.4 Å². The monoisotopic (exact) mass is 398 g/mol. The quantitative estimate of drug-likeness (QED) is 0.424. The van der Waals surface area contributed by atoms with Crippen LogP contribution in [-0.2, 0) is 27.2 Å². The van der Waals surface area contributed by atoms with E-state index in [4.69, 9.17) is 5.73 Å². The van der Waals surface area contributed by atoms with E-state index in [9.17, 15) is 24.5 Å². The summed E-state index contributed by atoms with van der Waals surface area (Å²) in [6, 6.07) is 12.9. The molecule has 2 rings (SSSR count). The Hall–Kier alpha value is -3.75. The number of nitro groups is 1. The third kappa shape index (κ3) is 6.42. The van der Waals surface area contributed by atoms with Crippen molar-refractivity contribution in [3.05, 3.63) is 75.8 Å². The molecule has 2 aromatic rings. The molecule has 9 nitrogen and oxygen atoms in total. The predicted molar refractivity (Wildman–Crippen MR) is 106 cm³/mol. The van der Waals surface area contributed by atoms with Gasteiger partial charge in [0, 0.05) is 31.4 Å². The molecule has 2 atom stereocenters. The zero-order chi connectivity index (χ0) is 21.4. The second-order valence-electron chi connectivity index (χ2n) is 6.50. The van der Waals surface area contributed by atoms with Gasteiger partial charge in [-0.2, -0.15) is 0 Å². The molecule has 0 bridgehead atoms. The average Bonchev–Trinajstić information content (AvgIpc) is 2.67. The fourth-order valence-electron chi connectivity index (χ4n) is 2.88. The molecule has 0 spiro atoms. The van der Waals surface area contributed by atoms with Gasteiger partial charge in [-0.05, 0) is 5.56 Å². The Kier molecular flexibility index (Phi) is 7.41. The summed E-state index contributed by atoms with van der Waals surface area (Å²) in [7, 11) is 0. The second-order valence-corrected chi connectivity index (χ2v) is 6.50. The maximum Gasteiger partial charge on any atom is 0.272 e. The van der Waals surface area contributed by atoms with Crippen molar-refractivity contribution in [2.45, 2.75) is 31.8 Å². The van der Waals surface area contributed by atoms with E-state index < -0.39 is 34.7 Å². The number of rotatable bonds is 9. The summed E-state index contributed by atoms with van der Waals surface area (Å²) in [6.45, 7) is 1.28. The van der Waals surface area contributed by atoms with Crippen LogP contribution in [0.5, 0.6) is 0 Å². The molecule has 0 aliphatic rings. The number of primary amides is 1. The lowest BCUT2D eigenvalue weighted by Gasteiger charge is -2.21. The summed E-state index contributed by atoms with van der Waals surface area (Å²) in [5.41, 5.74) is 6.31. The maximum absolute atomic E-state index is 12.7. The van der Waals surface area contributed by atoms with Crippen molar-refractivity contribution in [3.63, 3.8) is 0 Å². The number of benzene rings is 2. The standard InChI is InChI=1S/C20H22N4O5/c1-13(25)22-17(11-14-7-3-2-4-8-14)20(27)23-16(19(21)26)12-15-9-5-6-10-18(15)24(28)29/h2-10,16-17H,11-12H2,1H3,(H2,21,26)(H,22,25)(H,23,27)/t16-,17+/m0/s1. The van der Waals surface area contributed by atoms with Crippen LogP contribution in [0.15, 0.2) is 54.6 Å². The lowest BCUT2D eigenvalue weighted by molar-refractivity contribution is -0.385. The zero-order valence-electron chi connectivity index (χ0n) is 15.8. The largest absolute Gasteiger partial charge is 0.368 e. The van der Waals surface area contributed by atoms with Gasteiger partial charge in [0.2, 0.25) is 17.7 Å². The third-order valence-electron chi connectivity index (χ3n) is 4.25. The van der Waals surface area contributed by atoms with E-state index >= 15 is 0 Å². The third-order valence-corrected chi connectivity index (χ3v) is 4.25. The van der Waals surface area contributed by atoms with E-state index in [0.29, 0.717) is 0 Å². The lowest BCUT2D eigenvalue weighted by Crippen LogP contribution is -2.54. The van der Waals surface area contributed by atoms with Gasteiger partial charge in [0.25, 0.3) is 5.69 Å². The minimum absolute atomic E-state index is 0.143. The van der Waals surface area contributed by atoms with E-state index in [1.54, 1.807) is 30.3 Å². The van der Waals surface area contributed by atoms with E-state index in [0.717, 1.165) is 5.56 Å². The molecule has 0 radical (unpaired) electrons. The molecule has 3 amide bonds. The number of hydrogen-bond acceptors (Lipinski definition) is 5. The Balaban J connectivity index is 2.18. The van der Waals surface area contributed by atoms with Crippen LogP contribution in [0.4, 0.5) is 5.69 Å². The fourth-order valence-corrected chi connectivity index (χ4v) is 2.88. The molecule has 0 unspecified atom stereocenters. The summed E-state index contributed by atoms with van der Waals surface area (Å²) in [4.78, 5) is 46.8. The van der Waals surface area contributed by atoms with Crippen molar-refractivity contribution in [1.82, 2.24) is 10.6 Å². The lowest BCUT2D eigenvalue weighted by atomic mass is 10.0. The topological polar surface area (TPSA) is 144 Å². The van der Waals surface area contributed by atoms with Crippen LogP contribution in [0.1, 0.15) is 18.1 Å². The van der Waals surface area contributed by atoms with Crippen LogP contribution in [-0.4, -0.2) is 34.7 Å². The van der Waals surface area contributed by atoms with Crippen LogP contribution in [0.2, 0.25) is 0 Å². The summed E-state index contributed by atoms with van der Waals surface area (Å²) in [5, 5.41) is 16.2. The van der Waals surface area contributed by atoms with Crippen molar-refractivity contribution in [2.75, 3.05) is 0 Å². The van der Waals surface area contributed by atoms with Gasteiger partial charge in [-0.1, -0.05) is 48.5 Å². The fraction of sp³-hybridized carbons (Fsp3) is 0.250. The molecular weight excluding hydrogens is 376 g/mol. The van der Waals surface area contributed by atoms with E-state index in [2.05, 4.69) is 10.6 Å². The first kappa shape index (κ1) is 21.5. The summed E-state index contributed by atoms with van der Waals surface area (Å²) in [6.07, 6.45) is 0.0690. The molecule has 0 saturated heterocycles. The number of nitrogens with two attached hydrogens (primary N) is 1. The molecule has 4 N–H and O–H groups in total. The first-order chi connectivity index (χ1) is 13.8. The van der Waals surface area contributed by atoms with Gasteiger partial charge < -0.3 is 16.4 Å². The SMILES string of the molecule is CC(=O)N[C@H](Cc1ccccc1)C(=O)N[C@@H](Cc1ccccc1[N+](=O)[O-])C(N)=O. The molecule has 0 aromatic heterocycles. The van der Waals surface area contributed by atoms with Crippen LogP contribution in [0.3, 0.4) is 0 Å².